The van der Waals surface area contributed by atoms with Gasteiger partial charge in [-0.1, -0.05) is 19.3 Å². The highest BCUT2D eigenvalue weighted by Gasteiger charge is 2.03. The predicted molar refractivity (Wildman–Crippen MR) is 77.0 cm³/mol. The minimum atomic E-state index is -0.989. The zero-order valence-corrected chi connectivity index (χ0v) is 12.4. The molecule has 4 N–H and O–H groups in total. The predicted octanol–water partition coefficient (Wildman–Crippen LogP) is 0.0833. The van der Waals surface area contributed by atoms with Crippen LogP contribution in [0.4, 0.5) is 4.79 Å². The number of amides is 3. The third-order valence-electron chi connectivity index (χ3n) is 2.70. The summed E-state index contributed by atoms with van der Waals surface area (Å²) in [7, 11) is 1.50. The molecule has 0 spiro atoms. The molecule has 8 heteroatoms. The lowest BCUT2D eigenvalue weighted by atomic mass is 10.1. The molecule has 0 aliphatic heterocycles. The van der Waals surface area contributed by atoms with Crippen molar-refractivity contribution in [2.24, 2.45) is 0 Å². The summed E-state index contributed by atoms with van der Waals surface area (Å²) in [5.41, 5.74) is 0. The Morgan fingerprint density at radius 2 is 1.38 bits per heavy atom. The van der Waals surface area contributed by atoms with Gasteiger partial charge in [-0.3, -0.25) is 9.59 Å². The van der Waals surface area contributed by atoms with Gasteiger partial charge in [0, 0.05) is 20.1 Å². The quantitative estimate of drug-likeness (QED) is 0.381. The van der Waals surface area contributed by atoms with Crippen molar-refractivity contribution in [3.8, 4) is 0 Å². The molecule has 0 atom stereocenters. The molecule has 0 saturated heterocycles. The van der Waals surface area contributed by atoms with Crippen LogP contribution in [0.1, 0.15) is 32.1 Å². The lowest BCUT2D eigenvalue weighted by molar-refractivity contribution is -0.130. The number of carboxylic acid groups (broad SMARTS) is 1. The Labute approximate surface area is 124 Å². The topological polar surface area (TPSA) is 117 Å². The summed E-state index contributed by atoms with van der Waals surface area (Å²) in [6.45, 7) is 0.826. The van der Waals surface area contributed by atoms with Crippen molar-refractivity contribution in [1.29, 1.82) is 0 Å². The average molecular weight is 303 g/mol. The SMILES string of the molecule is CNC(=O)COCC(=O)NCCCCCCCNC(=O)O. The van der Waals surface area contributed by atoms with Crippen molar-refractivity contribution in [2.45, 2.75) is 32.1 Å². The molecule has 0 aromatic rings. The summed E-state index contributed by atoms with van der Waals surface area (Å²) < 4.78 is 4.91. The molecular weight excluding hydrogens is 278 g/mol. The molecule has 0 aromatic heterocycles. The maximum absolute atomic E-state index is 11.3. The summed E-state index contributed by atoms with van der Waals surface area (Å²) in [5.74, 6) is -0.496. The number of unbranched alkanes of at least 4 members (excludes halogenated alkanes) is 4. The smallest absolute Gasteiger partial charge is 0.404 e. The Kier molecular flexibility index (Phi) is 12.0. The van der Waals surface area contributed by atoms with Gasteiger partial charge in [-0.2, -0.15) is 0 Å². The maximum Gasteiger partial charge on any atom is 0.404 e. The largest absolute Gasteiger partial charge is 0.465 e. The van der Waals surface area contributed by atoms with Gasteiger partial charge in [0.2, 0.25) is 11.8 Å². The monoisotopic (exact) mass is 303 g/mol. The van der Waals surface area contributed by atoms with Crippen molar-refractivity contribution in [3.05, 3.63) is 0 Å². The van der Waals surface area contributed by atoms with Crippen LogP contribution in [-0.2, 0) is 14.3 Å². The highest BCUT2D eigenvalue weighted by Crippen LogP contribution is 2.01. The fraction of sp³-hybridized carbons (Fsp3) is 0.769. The van der Waals surface area contributed by atoms with Gasteiger partial charge < -0.3 is 25.8 Å². The summed E-state index contributed by atoms with van der Waals surface area (Å²) in [6, 6.07) is 0. The zero-order chi connectivity index (χ0) is 15.9. The van der Waals surface area contributed by atoms with E-state index in [1.54, 1.807) is 0 Å². The third-order valence-corrected chi connectivity index (χ3v) is 2.70. The number of hydrogen-bond acceptors (Lipinski definition) is 4. The van der Waals surface area contributed by atoms with E-state index in [2.05, 4.69) is 16.0 Å². The van der Waals surface area contributed by atoms with Crippen LogP contribution in [0.15, 0.2) is 0 Å². The van der Waals surface area contributed by atoms with Gasteiger partial charge in [0.05, 0.1) is 0 Å². The molecule has 0 aliphatic carbocycles. The Morgan fingerprint density at radius 3 is 1.95 bits per heavy atom. The van der Waals surface area contributed by atoms with Crippen molar-refractivity contribution in [2.75, 3.05) is 33.4 Å². The molecule has 8 nitrogen and oxygen atoms in total. The van der Waals surface area contributed by atoms with Crippen molar-refractivity contribution in [1.82, 2.24) is 16.0 Å². The van der Waals surface area contributed by atoms with Gasteiger partial charge in [0.1, 0.15) is 13.2 Å². The lowest BCUT2D eigenvalue weighted by Gasteiger charge is -2.06. The maximum atomic E-state index is 11.3. The number of hydrogen-bond donors (Lipinski definition) is 4. The number of ether oxygens (including phenoxy) is 1. The normalized spacial score (nSPS) is 9.95. The number of carbonyl (C=O) groups is 3. The fourth-order valence-corrected chi connectivity index (χ4v) is 1.56. The molecule has 0 unspecified atom stereocenters. The Morgan fingerprint density at radius 1 is 0.857 bits per heavy atom. The van der Waals surface area contributed by atoms with E-state index >= 15 is 0 Å². The van der Waals surface area contributed by atoms with Gasteiger partial charge in [0.25, 0.3) is 0 Å². The minimum absolute atomic E-state index is 0.117. The van der Waals surface area contributed by atoms with Gasteiger partial charge >= 0.3 is 6.09 Å². The molecule has 122 valence electrons. The third kappa shape index (κ3) is 14.4. The van der Waals surface area contributed by atoms with E-state index < -0.39 is 6.09 Å². The number of carbonyl (C=O) groups excluding carboxylic acids is 2. The van der Waals surface area contributed by atoms with Crippen LogP contribution in [0, 0.1) is 0 Å². The highest BCUT2D eigenvalue weighted by atomic mass is 16.5. The summed E-state index contributed by atoms with van der Waals surface area (Å²) in [5, 5.41) is 15.8. The second kappa shape index (κ2) is 13.2. The first-order valence-electron chi connectivity index (χ1n) is 7.08. The first kappa shape index (κ1) is 19.2. The molecule has 0 fully saturated rings. The van der Waals surface area contributed by atoms with E-state index in [0.717, 1.165) is 32.1 Å². The van der Waals surface area contributed by atoms with E-state index in [4.69, 9.17) is 9.84 Å². The molecule has 0 heterocycles. The molecule has 0 radical (unpaired) electrons. The van der Waals surface area contributed by atoms with Crippen LogP contribution in [0.3, 0.4) is 0 Å². The zero-order valence-electron chi connectivity index (χ0n) is 12.4. The van der Waals surface area contributed by atoms with Crippen LogP contribution in [0.25, 0.3) is 0 Å². The van der Waals surface area contributed by atoms with Crippen LogP contribution >= 0.6 is 0 Å². The Balaban J connectivity index is 3.25. The molecule has 0 aliphatic rings. The first-order valence-corrected chi connectivity index (χ1v) is 7.08. The summed E-state index contributed by atoms with van der Waals surface area (Å²) >= 11 is 0. The molecule has 21 heavy (non-hydrogen) atoms. The highest BCUT2D eigenvalue weighted by molar-refractivity contribution is 5.79. The van der Waals surface area contributed by atoms with Crippen molar-refractivity contribution < 1.29 is 24.2 Å². The van der Waals surface area contributed by atoms with E-state index in [-0.39, 0.29) is 25.0 Å². The number of likely N-dealkylation sites (N-methyl/N-ethyl adjacent to an activating group) is 1. The molecule has 3 amide bonds. The number of rotatable bonds is 12. The fourth-order valence-electron chi connectivity index (χ4n) is 1.56. The second-order valence-electron chi connectivity index (χ2n) is 4.52. The molecule has 0 bridgehead atoms. The number of nitrogens with one attached hydrogen (secondary N) is 3. The van der Waals surface area contributed by atoms with Gasteiger partial charge in [-0.15, -0.1) is 0 Å². The minimum Gasteiger partial charge on any atom is -0.465 e. The van der Waals surface area contributed by atoms with Gasteiger partial charge in [-0.05, 0) is 12.8 Å². The van der Waals surface area contributed by atoms with Gasteiger partial charge in [-0.25, -0.2) is 4.79 Å². The van der Waals surface area contributed by atoms with Crippen LogP contribution in [0.2, 0.25) is 0 Å². The Hall–Kier alpha value is -1.83. The molecule has 0 aromatic carbocycles. The first-order chi connectivity index (χ1) is 10.1. The lowest BCUT2D eigenvalue weighted by Crippen LogP contribution is -2.31. The summed E-state index contributed by atoms with van der Waals surface area (Å²) in [6.07, 6.45) is 3.65. The van der Waals surface area contributed by atoms with E-state index in [0.29, 0.717) is 13.1 Å². The second-order valence-corrected chi connectivity index (χ2v) is 4.52. The summed E-state index contributed by atoms with van der Waals surface area (Å²) in [4.78, 5) is 32.3. The van der Waals surface area contributed by atoms with Gasteiger partial charge in [0.15, 0.2) is 0 Å². The van der Waals surface area contributed by atoms with E-state index in [9.17, 15) is 14.4 Å². The Bertz CT molecular complexity index is 323. The van der Waals surface area contributed by atoms with E-state index in [1.165, 1.54) is 7.05 Å². The average Bonchev–Trinajstić information content (AvgIpc) is 2.44. The van der Waals surface area contributed by atoms with Crippen molar-refractivity contribution in [3.63, 3.8) is 0 Å². The van der Waals surface area contributed by atoms with Crippen LogP contribution in [0.5, 0.6) is 0 Å². The molecular formula is C13H25N3O5. The van der Waals surface area contributed by atoms with Crippen LogP contribution < -0.4 is 16.0 Å². The van der Waals surface area contributed by atoms with E-state index in [1.807, 2.05) is 0 Å². The standard InChI is InChI=1S/C13H25N3O5/c1-14-11(17)9-21-10-12(18)15-7-5-3-2-4-6-8-16-13(19)20/h16H,2-10H2,1H3,(H,14,17)(H,15,18)(H,19,20). The van der Waals surface area contributed by atoms with Crippen LogP contribution in [-0.4, -0.2) is 56.4 Å². The van der Waals surface area contributed by atoms with Crippen molar-refractivity contribution >= 4 is 17.9 Å². The molecule has 0 rings (SSSR count). The molecule has 0 saturated carbocycles.